The standard InChI is InChI=1S/C16H19N3O2/c1-20-14-6-2-3-7-15(14)21-16-11-18-10-13(19-16)12-5-4-8-17-9-12/h2-3,6-7,10-12,17H,4-5,8-9H2,1H3. The minimum absolute atomic E-state index is 0.410. The van der Waals surface area contributed by atoms with Crippen LogP contribution in [-0.2, 0) is 0 Å². The fourth-order valence-electron chi connectivity index (χ4n) is 2.53. The maximum absolute atomic E-state index is 5.81. The molecule has 1 aromatic heterocycles. The molecule has 0 aliphatic carbocycles. The second-order valence-electron chi connectivity index (χ2n) is 5.08. The van der Waals surface area contributed by atoms with Gasteiger partial charge in [0.25, 0.3) is 0 Å². The lowest BCUT2D eigenvalue weighted by Crippen LogP contribution is -2.28. The molecule has 5 heteroatoms. The first-order chi connectivity index (χ1) is 10.4. The average Bonchev–Trinajstić information content (AvgIpc) is 2.56. The molecule has 2 heterocycles. The van der Waals surface area contributed by atoms with Gasteiger partial charge in [0.05, 0.1) is 19.0 Å². The SMILES string of the molecule is COc1ccccc1Oc1cncc(C2CCCNC2)n1. The van der Waals surface area contributed by atoms with E-state index in [0.717, 1.165) is 25.2 Å². The van der Waals surface area contributed by atoms with Crippen LogP contribution in [0.3, 0.4) is 0 Å². The van der Waals surface area contributed by atoms with Crippen LogP contribution in [0.2, 0.25) is 0 Å². The van der Waals surface area contributed by atoms with Crippen LogP contribution in [0.5, 0.6) is 17.4 Å². The van der Waals surface area contributed by atoms with Gasteiger partial charge in [-0.15, -0.1) is 0 Å². The number of piperidine rings is 1. The van der Waals surface area contributed by atoms with Gasteiger partial charge < -0.3 is 14.8 Å². The molecule has 1 aliphatic heterocycles. The average molecular weight is 285 g/mol. The van der Waals surface area contributed by atoms with Crippen molar-refractivity contribution in [2.24, 2.45) is 0 Å². The molecule has 0 spiro atoms. The zero-order chi connectivity index (χ0) is 14.5. The quantitative estimate of drug-likeness (QED) is 0.936. The Labute approximate surface area is 124 Å². The van der Waals surface area contributed by atoms with E-state index < -0.39 is 0 Å². The molecule has 1 N–H and O–H groups in total. The van der Waals surface area contributed by atoms with Gasteiger partial charge in [0.2, 0.25) is 5.88 Å². The molecule has 1 aliphatic rings. The Kier molecular flexibility index (Phi) is 4.31. The van der Waals surface area contributed by atoms with Crippen LogP contribution in [0.1, 0.15) is 24.5 Å². The second-order valence-corrected chi connectivity index (χ2v) is 5.08. The lowest BCUT2D eigenvalue weighted by molar-refractivity contribution is 0.371. The predicted octanol–water partition coefficient (Wildman–Crippen LogP) is 2.74. The van der Waals surface area contributed by atoms with Gasteiger partial charge in [0.1, 0.15) is 0 Å². The van der Waals surface area contributed by atoms with E-state index in [2.05, 4.69) is 15.3 Å². The van der Waals surface area contributed by atoms with Crippen LogP contribution in [-0.4, -0.2) is 30.2 Å². The molecule has 0 saturated carbocycles. The highest BCUT2D eigenvalue weighted by atomic mass is 16.5. The van der Waals surface area contributed by atoms with Crippen molar-refractivity contribution in [3.63, 3.8) is 0 Å². The number of para-hydroxylation sites is 2. The molecule has 110 valence electrons. The highest BCUT2D eigenvalue weighted by Gasteiger charge is 2.17. The van der Waals surface area contributed by atoms with E-state index in [4.69, 9.17) is 9.47 Å². The van der Waals surface area contributed by atoms with Crippen molar-refractivity contribution >= 4 is 0 Å². The van der Waals surface area contributed by atoms with Gasteiger partial charge in [-0.2, -0.15) is 0 Å². The van der Waals surface area contributed by atoms with Gasteiger partial charge in [-0.1, -0.05) is 12.1 Å². The van der Waals surface area contributed by atoms with Gasteiger partial charge in [-0.05, 0) is 31.5 Å². The molecule has 2 aromatic rings. The molecular weight excluding hydrogens is 266 g/mol. The Morgan fingerprint density at radius 1 is 1.19 bits per heavy atom. The molecule has 1 aromatic carbocycles. The number of rotatable bonds is 4. The Hall–Kier alpha value is -2.14. The third-order valence-corrected chi connectivity index (χ3v) is 3.63. The fraction of sp³-hybridized carbons (Fsp3) is 0.375. The minimum atomic E-state index is 0.410. The van der Waals surface area contributed by atoms with Crippen LogP contribution in [0.25, 0.3) is 0 Å². The Morgan fingerprint density at radius 3 is 2.81 bits per heavy atom. The van der Waals surface area contributed by atoms with Gasteiger partial charge in [-0.3, -0.25) is 4.98 Å². The molecule has 1 fully saturated rings. The summed E-state index contributed by atoms with van der Waals surface area (Å²) in [7, 11) is 1.62. The third kappa shape index (κ3) is 3.31. The maximum atomic E-state index is 5.81. The first-order valence-corrected chi connectivity index (χ1v) is 7.20. The van der Waals surface area contributed by atoms with E-state index in [9.17, 15) is 0 Å². The summed E-state index contributed by atoms with van der Waals surface area (Å²) >= 11 is 0. The summed E-state index contributed by atoms with van der Waals surface area (Å²) in [5.41, 5.74) is 0.981. The topological polar surface area (TPSA) is 56.3 Å². The van der Waals surface area contributed by atoms with E-state index in [-0.39, 0.29) is 0 Å². The van der Waals surface area contributed by atoms with Gasteiger partial charge in [0.15, 0.2) is 11.5 Å². The van der Waals surface area contributed by atoms with Crippen LogP contribution in [0.15, 0.2) is 36.7 Å². The molecule has 0 radical (unpaired) electrons. The van der Waals surface area contributed by atoms with E-state index in [1.165, 1.54) is 6.42 Å². The van der Waals surface area contributed by atoms with Crippen LogP contribution < -0.4 is 14.8 Å². The number of nitrogens with one attached hydrogen (secondary N) is 1. The highest BCUT2D eigenvalue weighted by Crippen LogP contribution is 2.30. The number of methoxy groups -OCH3 is 1. The molecule has 1 atom stereocenters. The lowest BCUT2D eigenvalue weighted by Gasteiger charge is -2.22. The third-order valence-electron chi connectivity index (χ3n) is 3.63. The van der Waals surface area contributed by atoms with E-state index in [1.807, 2.05) is 30.5 Å². The van der Waals surface area contributed by atoms with E-state index in [1.54, 1.807) is 13.3 Å². The molecule has 5 nitrogen and oxygen atoms in total. The molecule has 21 heavy (non-hydrogen) atoms. The van der Waals surface area contributed by atoms with Crippen molar-refractivity contribution in [3.8, 4) is 17.4 Å². The van der Waals surface area contributed by atoms with Crippen molar-refractivity contribution in [2.75, 3.05) is 20.2 Å². The molecular formula is C16H19N3O2. The second kappa shape index (κ2) is 6.54. The van der Waals surface area contributed by atoms with Gasteiger partial charge in [-0.25, -0.2) is 4.98 Å². The summed E-state index contributed by atoms with van der Waals surface area (Å²) in [5, 5.41) is 3.39. The van der Waals surface area contributed by atoms with E-state index >= 15 is 0 Å². The lowest BCUT2D eigenvalue weighted by atomic mass is 9.97. The Balaban J connectivity index is 1.79. The zero-order valence-corrected chi connectivity index (χ0v) is 12.1. The molecule has 0 bridgehead atoms. The molecule has 3 rings (SSSR count). The predicted molar refractivity (Wildman–Crippen MR) is 79.9 cm³/mol. The smallest absolute Gasteiger partial charge is 0.238 e. The molecule has 1 saturated heterocycles. The van der Waals surface area contributed by atoms with Crippen molar-refractivity contribution in [1.82, 2.24) is 15.3 Å². The van der Waals surface area contributed by atoms with Crippen LogP contribution >= 0.6 is 0 Å². The van der Waals surface area contributed by atoms with Gasteiger partial charge >= 0.3 is 0 Å². The summed E-state index contributed by atoms with van der Waals surface area (Å²) in [6.45, 7) is 2.04. The van der Waals surface area contributed by atoms with Crippen molar-refractivity contribution in [2.45, 2.75) is 18.8 Å². The molecule has 0 amide bonds. The maximum Gasteiger partial charge on any atom is 0.238 e. The number of benzene rings is 1. The largest absolute Gasteiger partial charge is 0.493 e. The minimum Gasteiger partial charge on any atom is -0.493 e. The Morgan fingerprint density at radius 2 is 2.05 bits per heavy atom. The molecule has 1 unspecified atom stereocenters. The summed E-state index contributed by atoms with van der Waals surface area (Å²) in [5.74, 6) is 2.24. The number of ether oxygens (including phenoxy) is 2. The number of aromatic nitrogens is 2. The highest BCUT2D eigenvalue weighted by molar-refractivity contribution is 5.41. The summed E-state index contributed by atoms with van der Waals surface area (Å²) in [4.78, 5) is 8.84. The van der Waals surface area contributed by atoms with Crippen molar-refractivity contribution in [1.29, 1.82) is 0 Å². The van der Waals surface area contributed by atoms with Crippen LogP contribution in [0.4, 0.5) is 0 Å². The first-order valence-electron chi connectivity index (χ1n) is 7.20. The number of hydrogen-bond donors (Lipinski definition) is 1. The van der Waals surface area contributed by atoms with Crippen molar-refractivity contribution < 1.29 is 9.47 Å². The number of nitrogens with zero attached hydrogens (tertiary/aromatic N) is 2. The monoisotopic (exact) mass is 285 g/mol. The normalized spacial score (nSPS) is 18.2. The summed E-state index contributed by atoms with van der Waals surface area (Å²) in [6.07, 6.45) is 5.77. The van der Waals surface area contributed by atoms with E-state index in [0.29, 0.717) is 23.3 Å². The zero-order valence-electron chi connectivity index (χ0n) is 12.1. The Bertz CT molecular complexity index is 598. The summed E-state index contributed by atoms with van der Waals surface area (Å²) < 4.78 is 11.1. The summed E-state index contributed by atoms with van der Waals surface area (Å²) in [6, 6.07) is 7.52. The first kappa shape index (κ1) is 13.8. The van der Waals surface area contributed by atoms with Crippen molar-refractivity contribution in [3.05, 3.63) is 42.4 Å². The number of hydrogen-bond acceptors (Lipinski definition) is 5. The van der Waals surface area contributed by atoms with Gasteiger partial charge in [0, 0.05) is 18.7 Å². The van der Waals surface area contributed by atoms with Crippen LogP contribution in [0, 0.1) is 0 Å². The fourth-order valence-corrected chi connectivity index (χ4v) is 2.53.